The summed E-state index contributed by atoms with van der Waals surface area (Å²) in [5, 5.41) is 1.99. The van der Waals surface area contributed by atoms with Gasteiger partial charge in [0.05, 0.1) is 11.1 Å². The number of thioether (sulfide) groups is 1. The zero-order chi connectivity index (χ0) is 24.0. The fourth-order valence-corrected chi connectivity index (χ4v) is 7.02. The molecule has 1 aromatic carbocycles. The van der Waals surface area contributed by atoms with Crippen LogP contribution in [0.15, 0.2) is 52.9 Å². The number of carbonyl (C=O) groups is 1. The van der Waals surface area contributed by atoms with Crippen LogP contribution in [-0.2, 0) is 19.4 Å². The molecule has 4 aromatic rings. The molecule has 3 heterocycles. The number of ketones is 1. The first-order chi connectivity index (χ1) is 16.4. The van der Waals surface area contributed by atoms with Crippen LogP contribution in [0.4, 0.5) is 0 Å². The predicted molar refractivity (Wildman–Crippen MR) is 141 cm³/mol. The molecule has 0 aliphatic heterocycles. The third kappa shape index (κ3) is 3.96. The number of fused-ring (bicyclic) bond motifs is 3. The summed E-state index contributed by atoms with van der Waals surface area (Å²) in [6.07, 6.45) is 4.75. The van der Waals surface area contributed by atoms with Crippen LogP contribution >= 0.6 is 34.7 Å². The molecule has 0 fully saturated rings. The van der Waals surface area contributed by atoms with Crippen LogP contribution in [-0.4, -0.2) is 25.7 Å². The third-order valence-electron chi connectivity index (χ3n) is 6.25. The molecule has 5 rings (SSSR count). The largest absolute Gasteiger partial charge is 0.318 e. The lowest BCUT2D eigenvalue weighted by Gasteiger charge is -2.11. The van der Waals surface area contributed by atoms with Gasteiger partial charge in [-0.2, -0.15) is 0 Å². The molecule has 174 valence electrons. The Labute approximate surface area is 211 Å². The second kappa shape index (κ2) is 9.21. The van der Waals surface area contributed by atoms with Crippen LogP contribution in [0.5, 0.6) is 0 Å². The van der Waals surface area contributed by atoms with E-state index in [9.17, 15) is 9.59 Å². The second-order valence-corrected chi connectivity index (χ2v) is 10.9. The summed E-state index contributed by atoms with van der Waals surface area (Å²) in [5.41, 5.74) is 4.63. The Bertz CT molecular complexity index is 1500. The van der Waals surface area contributed by atoms with Gasteiger partial charge in [0.25, 0.3) is 5.56 Å². The topological polar surface area (TPSA) is 56.9 Å². The fraction of sp³-hybridized carbons (Fsp3) is 0.269. The zero-order valence-corrected chi connectivity index (χ0v) is 21.4. The van der Waals surface area contributed by atoms with E-state index in [0.29, 0.717) is 22.3 Å². The molecular formula is C26H24ClN3O2S2. The lowest BCUT2D eigenvalue weighted by atomic mass is 10.2. The highest BCUT2D eigenvalue weighted by Crippen LogP contribution is 2.35. The van der Waals surface area contributed by atoms with E-state index in [0.717, 1.165) is 52.1 Å². The van der Waals surface area contributed by atoms with E-state index in [-0.39, 0.29) is 17.1 Å². The molecule has 34 heavy (non-hydrogen) atoms. The Hall–Kier alpha value is -2.61. The van der Waals surface area contributed by atoms with E-state index in [1.165, 1.54) is 16.6 Å². The predicted octanol–water partition coefficient (Wildman–Crippen LogP) is 6.17. The number of carbonyl (C=O) groups excluding carboxylic acids is 1. The lowest BCUT2D eigenvalue weighted by molar-refractivity contribution is 0.102. The van der Waals surface area contributed by atoms with Crippen molar-refractivity contribution in [2.75, 3.05) is 5.75 Å². The molecule has 1 aliphatic carbocycles. The minimum atomic E-state index is -0.0276. The highest BCUT2D eigenvalue weighted by Gasteiger charge is 2.24. The average Bonchev–Trinajstić information content (AvgIpc) is 3.48. The molecule has 0 radical (unpaired) electrons. The maximum absolute atomic E-state index is 13.3. The highest BCUT2D eigenvalue weighted by molar-refractivity contribution is 7.99. The third-order valence-corrected chi connectivity index (χ3v) is 8.66. The first-order valence-corrected chi connectivity index (χ1v) is 13.3. The van der Waals surface area contributed by atoms with Crippen molar-refractivity contribution in [3.8, 4) is 5.69 Å². The smallest absolute Gasteiger partial charge is 0.263 e. The van der Waals surface area contributed by atoms with Gasteiger partial charge in [0.1, 0.15) is 4.83 Å². The van der Waals surface area contributed by atoms with Gasteiger partial charge in [-0.05, 0) is 69.0 Å². The molecule has 0 N–H and O–H groups in total. The van der Waals surface area contributed by atoms with Crippen molar-refractivity contribution in [1.82, 2.24) is 14.1 Å². The molecular weight excluding hydrogens is 486 g/mol. The normalized spacial score (nSPS) is 12.9. The maximum atomic E-state index is 13.3. The van der Waals surface area contributed by atoms with Gasteiger partial charge >= 0.3 is 0 Å². The molecule has 5 nitrogen and oxygen atoms in total. The number of thiophene rings is 1. The Morgan fingerprint density at radius 1 is 1.26 bits per heavy atom. The number of hydrogen-bond acceptors (Lipinski definition) is 5. The molecule has 0 saturated carbocycles. The SMILES string of the molecule is C=CCn1c(SCC(=O)c2cc(C)n(-c3ccc(Cl)cc3)c2C)nc2sc3c(c2c1=O)CCC3. The molecule has 8 heteroatoms. The average molecular weight is 510 g/mol. The number of hydrogen-bond donors (Lipinski definition) is 0. The van der Waals surface area contributed by atoms with Gasteiger partial charge in [-0.25, -0.2) is 4.98 Å². The van der Waals surface area contributed by atoms with Gasteiger partial charge in [-0.1, -0.05) is 29.4 Å². The molecule has 0 bridgehead atoms. The van der Waals surface area contributed by atoms with Crippen molar-refractivity contribution in [2.24, 2.45) is 0 Å². The van der Waals surface area contributed by atoms with Crippen molar-refractivity contribution < 1.29 is 4.79 Å². The molecule has 0 amide bonds. The van der Waals surface area contributed by atoms with Crippen LogP contribution in [0.2, 0.25) is 5.02 Å². The van der Waals surface area contributed by atoms with Crippen LogP contribution in [0, 0.1) is 13.8 Å². The summed E-state index contributed by atoms with van der Waals surface area (Å²) in [7, 11) is 0. The highest BCUT2D eigenvalue weighted by atomic mass is 35.5. The molecule has 1 aliphatic rings. The molecule has 0 saturated heterocycles. The van der Waals surface area contributed by atoms with Gasteiger partial charge < -0.3 is 4.57 Å². The fourth-order valence-electron chi connectivity index (χ4n) is 4.70. The standard InChI is InChI=1S/C26H24ClN3O2S2/c1-4-12-29-25(32)23-19-6-5-7-22(19)34-24(23)28-26(29)33-14-21(31)20-13-15(2)30(16(20)3)18-10-8-17(27)9-11-18/h4,8-11,13H,1,5-7,12,14H2,2-3H3. The van der Waals surface area contributed by atoms with Gasteiger partial charge in [0, 0.05) is 39.1 Å². The van der Waals surface area contributed by atoms with E-state index in [1.54, 1.807) is 22.0 Å². The molecule has 0 spiro atoms. The van der Waals surface area contributed by atoms with Crippen LogP contribution < -0.4 is 5.56 Å². The minimum absolute atomic E-state index is 0.00601. The van der Waals surface area contributed by atoms with E-state index >= 15 is 0 Å². The van der Waals surface area contributed by atoms with Crippen molar-refractivity contribution in [2.45, 2.75) is 44.8 Å². The van der Waals surface area contributed by atoms with E-state index in [4.69, 9.17) is 16.6 Å². The minimum Gasteiger partial charge on any atom is -0.318 e. The first-order valence-electron chi connectivity index (χ1n) is 11.2. The van der Waals surface area contributed by atoms with Crippen molar-refractivity contribution in [3.05, 3.63) is 85.8 Å². The van der Waals surface area contributed by atoms with Crippen LogP contribution in [0.3, 0.4) is 0 Å². The van der Waals surface area contributed by atoms with E-state index < -0.39 is 0 Å². The monoisotopic (exact) mass is 509 g/mol. The number of benzene rings is 1. The number of aromatic nitrogens is 3. The van der Waals surface area contributed by atoms with Crippen molar-refractivity contribution in [1.29, 1.82) is 0 Å². The summed E-state index contributed by atoms with van der Waals surface area (Å²) in [5.74, 6) is 0.206. The first kappa shape index (κ1) is 23.1. The van der Waals surface area contributed by atoms with Crippen molar-refractivity contribution in [3.63, 3.8) is 0 Å². The number of allylic oxidation sites excluding steroid dienone is 1. The maximum Gasteiger partial charge on any atom is 0.263 e. The summed E-state index contributed by atoms with van der Waals surface area (Å²) < 4.78 is 3.70. The summed E-state index contributed by atoms with van der Waals surface area (Å²) >= 11 is 8.97. The Balaban J connectivity index is 1.45. The number of Topliss-reactive ketones (excluding diaryl/α,β-unsaturated/α-hetero) is 1. The van der Waals surface area contributed by atoms with Gasteiger partial charge in [0.15, 0.2) is 10.9 Å². The lowest BCUT2D eigenvalue weighted by Crippen LogP contribution is -2.23. The molecule has 3 aromatic heterocycles. The summed E-state index contributed by atoms with van der Waals surface area (Å²) in [6, 6.07) is 9.49. The summed E-state index contributed by atoms with van der Waals surface area (Å²) in [4.78, 5) is 33.4. The van der Waals surface area contributed by atoms with Crippen molar-refractivity contribution >= 4 is 50.7 Å². The van der Waals surface area contributed by atoms with Gasteiger partial charge in [0.2, 0.25) is 0 Å². The van der Waals surface area contributed by atoms with Crippen LogP contribution in [0.1, 0.15) is 38.6 Å². The Kier molecular flexibility index (Phi) is 6.27. The number of nitrogens with zero attached hydrogens (tertiary/aromatic N) is 3. The van der Waals surface area contributed by atoms with E-state index in [2.05, 4.69) is 11.1 Å². The second-order valence-electron chi connectivity index (χ2n) is 8.44. The van der Waals surface area contributed by atoms with Crippen LogP contribution in [0.25, 0.3) is 15.9 Å². The molecule has 0 atom stereocenters. The quantitative estimate of drug-likeness (QED) is 0.129. The van der Waals surface area contributed by atoms with Gasteiger partial charge in [-0.3, -0.25) is 14.2 Å². The Morgan fingerprint density at radius 3 is 2.76 bits per heavy atom. The number of aryl methyl sites for hydroxylation is 3. The molecule has 0 unspecified atom stereocenters. The Morgan fingerprint density at radius 2 is 2.03 bits per heavy atom. The number of halogens is 1. The van der Waals surface area contributed by atoms with Gasteiger partial charge in [-0.15, -0.1) is 17.9 Å². The van der Waals surface area contributed by atoms with E-state index in [1.807, 2.05) is 44.2 Å². The number of rotatable bonds is 7. The zero-order valence-electron chi connectivity index (χ0n) is 19.1. The summed E-state index contributed by atoms with van der Waals surface area (Å²) in [6.45, 7) is 8.11.